The molecule has 1 atom stereocenters. The van der Waals surface area contributed by atoms with Crippen LogP contribution in [0.25, 0.3) is 0 Å². The Kier molecular flexibility index (Phi) is 4.47. The highest BCUT2D eigenvalue weighted by molar-refractivity contribution is 7.90. The van der Waals surface area contributed by atoms with Crippen LogP contribution in [0.4, 0.5) is 0 Å². The Morgan fingerprint density at radius 1 is 1.24 bits per heavy atom. The second-order valence-corrected chi connectivity index (χ2v) is 6.05. The third kappa shape index (κ3) is 3.97. The predicted octanol–water partition coefficient (Wildman–Crippen LogP) is -0.224. The van der Waals surface area contributed by atoms with Gasteiger partial charge in [-0.2, -0.15) is 0 Å². The number of hydrogen-bond donors (Lipinski definition) is 3. The standard InChI is InChI=1S/C9H15NO6S/c11-8(12)5-7(9(13)14)10-17(15,16)6-3-1-2-4-6/h6-7,10H,1-5H2,(H,11,12)(H,13,14)/t7-/m1/s1. The lowest BCUT2D eigenvalue weighted by atomic mass is 10.2. The minimum Gasteiger partial charge on any atom is -0.481 e. The van der Waals surface area contributed by atoms with Crippen molar-refractivity contribution in [3.05, 3.63) is 0 Å². The van der Waals surface area contributed by atoms with Crippen molar-refractivity contribution in [2.24, 2.45) is 0 Å². The zero-order chi connectivity index (χ0) is 13.1. The van der Waals surface area contributed by atoms with E-state index in [1.165, 1.54) is 0 Å². The summed E-state index contributed by atoms with van der Waals surface area (Å²) in [4.78, 5) is 21.2. The minimum absolute atomic E-state index is 0.495. The summed E-state index contributed by atoms with van der Waals surface area (Å²) in [6.07, 6.45) is 1.81. The maximum Gasteiger partial charge on any atom is 0.322 e. The predicted molar refractivity (Wildman–Crippen MR) is 58.0 cm³/mol. The zero-order valence-corrected chi connectivity index (χ0v) is 9.94. The van der Waals surface area contributed by atoms with Crippen LogP contribution in [0.2, 0.25) is 0 Å². The number of carboxylic acids is 2. The van der Waals surface area contributed by atoms with Gasteiger partial charge in [0.2, 0.25) is 10.0 Å². The number of carbonyl (C=O) groups is 2. The van der Waals surface area contributed by atoms with Gasteiger partial charge in [0, 0.05) is 0 Å². The average Bonchev–Trinajstić information content (AvgIpc) is 2.68. The molecule has 0 bridgehead atoms. The Hall–Kier alpha value is -1.15. The SMILES string of the molecule is O=C(O)C[C@@H](NS(=O)(=O)C1CCCC1)C(=O)O. The van der Waals surface area contributed by atoms with Crippen LogP contribution < -0.4 is 4.72 Å². The number of hydrogen-bond acceptors (Lipinski definition) is 4. The van der Waals surface area contributed by atoms with Crippen LogP contribution in [0.1, 0.15) is 32.1 Å². The van der Waals surface area contributed by atoms with E-state index < -0.39 is 39.7 Å². The molecule has 8 heteroatoms. The van der Waals surface area contributed by atoms with Gasteiger partial charge in [-0.1, -0.05) is 12.8 Å². The number of rotatable bonds is 6. The first kappa shape index (κ1) is 13.9. The lowest BCUT2D eigenvalue weighted by Crippen LogP contribution is -2.45. The summed E-state index contributed by atoms with van der Waals surface area (Å²) in [5, 5.41) is 16.6. The van der Waals surface area contributed by atoms with Gasteiger partial charge < -0.3 is 10.2 Å². The molecule has 1 rings (SSSR count). The monoisotopic (exact) mass is 265 g/mol. The second kappa shape index (κ2) is 5.46. The lowest BCUT2D eigenvalue weighted by molar-refractivity contribution is -0.145. The van der Waals surface area contributed by atoms with Gasteiger partial charge in [0.15, 0.2) is 0 Å². The smallest absolute Gasteiger partial charge is 0.322 e. The van der Waals surface area contributed by atoms with Crippen molar-refractivity contribution < 1.29 is 28.2 Å². The molecule has 0 aromatic heterocycles. The summed E-state index contributed by atoms with van der Waals surface area (Å²) < 4.78 is 25.5. The summed E-state index contributed by atoms with van der Waals surface area (Å²) in [7, 11) is -3.74. The minimum atomic E-state index is -3.74. The molecule has 0 heterocycles. The highest BCUT2D eigenvalue weighted by Gasteiger charge is 2.33. The molecule has 0 saturated heterocycles. The molecule has 0 unspecified atom stereocenters. The number of nitrogens with one attached hydrogen (secondary N) is 1. The summed E-state index contributed by atoms with van der Waals surface area (Å²) in [6.45, 7) is 0. The van der Waals surface area contributed by atoms with E-state index in [0.29, 0.717) is 12.8 Å². The summed E-state index contributed by atoms with van der Waals surface area (Å²) in [5.74, 6) is -2.83. The van der Waals surface area contributed by atoms with Gasteiger partial charge in [-0.05, 0) is 12.8 Å². The third-order valence-corrected chi connectivity index (χ3v) is 4.69. The van der Waals surface area contributed by atoms with Gasteiger partial charge >= 0.3 is 11.9 Å². The quantitative estimate of drug-likeness (QED) is 0.610. The fraction of sp³-hybridized carbons (Fsp3) is 0.778. The molecule has 0 aromatic carbocycles. The fourth-order valence-corrected chi connectivity index (χ4v) is 3.57. The molecule has 3 N–H and O–H groups in total. The van der Waals surface area contributed by atoms with E-state index in [4.69, 9.17) is 10.2 Å². The van der Waals surface area contributed by atoms with E-state index in [-0.39, 0.29) is 0 Å². The first-order chi connectivity index (χ1) is 7.83. The van der Waals surface area contributed by atoms with E-state index >= 15 is 0 Å². The third-order valence-electron chi connectivity index (χ3n) is 2.72. The van der Waals surface area contributed by atoms with Crippen molar-refractivity contribution in [3.63, 3.8) is 0 Å². The molecule has 98 valence electrons. The molecular formula is C9H15NO6S. The van der Waals surface area contributed by atoms with Crippen LogP contribution in [-0.4, -0.2) is 41.9 Å². The van der Waals surface area contributed by atoms with Crippen LogP contribution in [0, 0.1) is 0 Å². The second-order valence-electron chi connectivity index (χ2n) is 4.06. The van der Waals surface area contributed by atoms with Gasteiger partial charge in [-0.3, -0.25) is 9.59 Å². The molecule has 0 amide bonds. The van der Waals surface area contributed by atoms with Crippen LogP contribution in [0.3, 0.4) is 0 Å². The molecule has 1 fully saturated rings. The Balaban J connectivity index is 2.71. The molecule has 0 spiro atoms. The molecule has 1 aliphatic rings. The average molecular weight is 265 g/mol. The van der Waals surface area contributed by atoms with E-state index in [0.717, 1.165) is 12.8 Å². The van der Waals surface area contributed by atoms with Crippen LogP contribution in [-0.2, 0) is 19.6 Å². The van der Waals surface area contributed by atoms with Gasteiger partial charge in [0.25, 0.3) is 0 Å². The molecule has 7 nitrogen and oxygen atoms in total. The fourth-order valence-electron chi connectivity index (χ4n) is 1.85. The molecule has 1 saturated carbocycles. The maximum atomic E-state index is 11.8. The zero-order valence-electron chi connectivity index (χ0n) is 9.13. The van der Waals surface area contributed by atoms with E-state index in [1.54, 1.807) is 0 Å². The van der Waals surface area contributed by atoms with Crippen LogP contribution in [0.5, 0.6) is 0 Å². The molecule has 0 radical (unpaired) electrons. The Morgan fingerprint density at radius 2 is 1.76 bits per heavy atom. The molecule has 0 aromatic rings. The van der Waals surface area contributed by atoms with Crippen LogP contribution >= 0.6 is 0 Å². The van der Waals surface area contributed by atoms with Gasteiger partial charge in [0.1, 0.15) is 6.04 Å². The van der Waals surface area contributed by atoms with Crippen molar-refractivity contribution in [2.45, 2.75) is 43.4 Å². The van der Waals surface area contributed by atoms with Crippen molar-refractivity contribution in [1.82, 2.24) is 4.72 Å². The van der Waals surface area contributed by atoms with Crippen molar-refractivity contribution in [1.29, 1.82) is 0 Å². The largest absolute Gasteiger partial charge is 0.481 e. The van der Waals surface area contributed by atoms with Crippen LogP contribution in [0.15, 0.2) is 0 Å². The Labute approximate surface area is 98.9 Å². The summed E-state index contributed by atoms with van der Waals surface area (Å²) in [5.41, 5.74) is 0. The van der Waals surface area contributed by atoms with E-state index in [1.807, 2.05) is 4.72 Å². The topological polar surface area (TPSA) is 121 Å². The highest BCUT2D eigenvalue weighted by atomic mass is 32.2. The lowest BCUT2D eigenvalue weighted by Gasteiger charge is -2.16. The Bertz CT molecular complexity index is 398. The molecular weight excluding hydrogens is 250 g/mol. The maximum absolute atomic E-state index is 11.8. The molecule has 17 heavy (non-hydrogen) atoms. The molecule has 1 aliphatic carbocycles. The Morgan fingerprint density at radius 3 is 2.18 bits per heavy atom. The summed E-state index contributed by atoms with van der Waals surface area (Å²) >= 11 is 0. The number of sulfonamides is 1. The first-order valence-electron chi connectivity index (χ1n) is 5.28. The van der Waals surface area contributed by atoms with Gasteiger partial charge in [-0.25, -0.2) is 13.1 Å². The molecule has 0 aliphatic heterocycles. The van der Waals surface area contributed by atoms with Crippen molar-refractivity contribution in [3.8, 4) is 0 Å². The van der Waals surface area contributed by atoms with Crippen molar-refractivity contribution in [2.75, 3.05) is 0 Å². The normalized spacial score (nSPS) is 19.1. The van der Waals surface area contributed by atoms with Gasteiger partial charge in [-0.15, -0.1) is 0 Å². The van der Waals surface area contributed by atoms with E-state index in [2.05, 4.69) is 0 Å². The van der Waals surface area contributed by atoms with E-state index in [9.17, 15) is 18.0 Å². The highest BCUT2D eigenvalue weighted by Crippen LogP contribution is 2.24. The number of aliphatic carboxylic acids is 2. The van der Waals surface area contributed by atoms with Gasteiger partial charge in [0.05, 0.1) is 11.7 Å². The summed E-state index contributed by atoms with van der Waals surface area (Å²) in [6, 6.07) is -1.60. The first-order valence-corrected chi connectivity index (χ1v) is 6.83. The van der Waals surface area contributed by atoms with Crippen molar-refractivity contribution >= 4 is 22.0 Å². The number of carboxylic acid groups (broad SMARTS) is 2.